The summed E-state index contributed by atoms with van der Waals surface area (Å²) in [5.74, 6) is 0.0113. The number of imidazole rings is 1. The van der Waals surface area contributed by atoms with Crippen molar-refractivity contribution in [2.75, 3.05) is 31.6 Å². The van der Waals surface area contributed by atoms with Crippen LogP contribution in [0, 0.1) is 0 Å². The summed E-state index contributed by atoms with van der Waals surface area (Å²) in [7, 11) is 0. The average molecular weight is 552 g/mol. The van der Waals surface area contributed by atoms with Gasteiger partial charge < -0.3 is 25.3 Å². The summed E-state index contributed by atoms with van der Waals surface area (Å²) in [5.41, 5.74) is 2.34. The molecule has 10 heteroatoms. The maximum Gasteiger partial charge on any atom is 0.408 e. The van der Waals surface area contributed by atoms with Crippen LogP contribution in [0.25, 0.3) is 0 Å². The van der Waals surface area contributed by atoms with Gasteiger partial charge in [0.1, 0.15) is 12.6 Å². The number of nitrogens with one attached hydrogen (secondary N) is 3. The van der Waals surface area contributed by atoms with Crippen LogP contribution >= 0.6 is 11.8 Å². The van der Waals surface area contributed by atoms with Crippen molar-refractivity contribution in [1.29, 1.82) is 0 Å². The number of amides is 3. The number of thioether (sulfide) groups is 1. The maximum atomic E-state index is 13.7. The fourth-order valence-corrected chi connectivity index (χ4v) is 4.36. The molecule has 0 aliphatic rings. The van der Waals surface area contributed by atoms with E-state index in [1.165, 1.54) is 11.2 Å². The number of alkyl carbamates (subject to hydrolysis) is 1. The zero-order chi connectivity index (χ0) is 28.1. The first-order valence-electron chi connectivity index (χ1n) is 12.8. The fraction of sp³-hybridized carbons (Fsp3) is 0.379. The minimum atomic E-state index is -0.941. The largest absolute Gasteiger partial charge is 0.445 e. The van der Waals surface area contributed by atoms with Crippen LogP contribution < -0.4 is 10.6 Å². The molecule has 1 heterocycles. The second kappa shape index (κ2) is 15.0. The quantitative estimate of drug-likeness (QED) is 0.282. The first-order chi connectivity index (χ1) is 18.8. The number of aromatic amines is 1. The van der Waals surface area contributed by atoms with Gasteiger partial charge in [0.2, 0.25) is 11.8 Å². The van der Waals surface area contributed by atoms with Crippen LogP contribution in [0.1, 0.15) is 30.7 Å². The van der Waals surface area contributed by atoms with Gasteiger partial charge in [0, 0.05) is 42.6 Å². The molecule has 1 atom stereocenters. The summed E-state index contributed by atoms with van der Waals surface area (Å²) in [4.78, 5) is 47.8. The number of hydrogen-bond acceptors (Lipinski definition) is 6. The van der Waals surface area contributed by atoms with Gasteiger partial charge in [-0.2, -0.15) is 11.8 Å². The molecule has 0 bridgehead atoms. The van der Waals surface area contributed by atoms with E-state index in [1.54, 1.807) is 18.0 Å². The molecule has 3 N–H and O–H groups in total. The minimum Gasteiger partial charge on any atom is -0.445 e. The lowest BCUT2D eigenvalue weighted by Gasteiger charge is -2.29. The number of hydrogen-bond donors (Lipinski definition) is 3. The summed E-state index contributed by atoms with van der Waals surface area (Å²) in [5, 5.41) is 5.67. The molecule has 3 amide bonds. The van der Waals surface area contributed by atoms with Crippen LogP contribution in [0.5, 0.6) is 0 Å². The number of benzene rings is 2. The number of carbonyl (C=O) groups is 3. The third-order valence-corrected chi connectivity index (χ3v) is 6.87. The molecule has 0 spiro atoms. The molecule has 0 aliphatic heterocycles. The Morgan fingerprint density at radius 1 is 1.08 bits per heavy atom. The number of nitrogens with zero attached hydrogens (tertiary/aromatic N) is 2. The Morgan fingerprint density at radius 3 is 2.41 bits per heavy atom. The Hall–Kier alpha value is -3.79. The third kappa shape index (κ3) is 9.79. The molecular formula is C29H37N5O4S. The number of rotatable bonds is 14. The zero-order valence-corrected chi connectivity index (χ0v) is 23.5. The normalized spacial score (nSPS) is 11.9. The van der Waals surface area contributed by atoms with E-state index >= 15 is 0 Å². The lowest BCUT2D eigenvalue weighted by Crippen LogP contribution is -2.53. The third-order valence-electron chi connectivity index (χ3n) is 6.28. The Balaban J connectivity index is 1.66. The number of ether oxygens (including phenoxy) is 1. The molecular weight excluding hydrogens is 514 g/mol. The molecule has 9 nitrogen and oxygen atoms in total. The van der Waals surface area contributed by atoms with Gasteiger partial charge >= 0.3 is 6.09 Å². The highest BCUT2D eigenvalue weighted by Gasteiger charge is 2.29. The van der Waals surface area contributed by atoms with Crippen molar-refractivity contribution in [1.82, 2.24) is 25.5 Å². The molecule has 3 aromatic rings. The molecule has 3 rings (SSSR count). The molecule has 2 aromatic carbocycles. The number of H-pyrrole nitrogens is 1. The molecule has 1 aromatic heterocycles. The Labute approximate surface area is 234 Å². The SMILES string of the molecule is CSCCN(CC(=O)NCC(C)(C)c1ccccc1)C(=O)C(Cc1cnc[nH]1)NC(=O)OCc1ccccc1. The lowest BCUT2D eigenvalue weighted by molar-refractivity contribution is -0.137. The van der Waals surface area contributed by atoms with Crippen molar-refractivity contribution in [2.24, 2.45) is 0 Å². The highest BCUT2D eigenvalue weighted by molar-refractivity contribution is 7.98. The smallest absolute Gasteiger partial charge is 0.408 e. The summed E-state index contributed by atoms with van der Waals surface area (Å²) >= 11 is 1.57. The van der Waals surface area contributed by atoms with E-state index in [1.807, 2.05) is 66.9 Å². The van der Waals surface area contributed by atoms with Gasteiger partial charge in [-0.05, 0) is 17.4 Å². The fourth-order valence-electron chi connectivity index (χ4n) is 3.95. The molecule has 1 unspecified atom stereocenters. The molecule has 0 saturated heterocycles. The van der Waals surface area contributed by atoms with Crippen LogP contribution in [-0.4, -0.2) is 70.5 Å². The Bertz CT molecular complexity index is 1170. The van der Waals surface area contributed by atoms with E-state index in [4.69, 9.17) is 4.74 Å². The summed E-state index contributed by atoms with van der Waals surface area (Å²) in [6.07, 6.45) is 4.51. The van der Waals surface area contributed by atoms with E-state index < -0.39 is 12.1 Å². The maximum absolute atomic E-state index is 13.7. The summed E-state index contributed by atoms with van der Waals surface area (Å²) < 4.78 is 5.36. The van der Waals surface area contributed by atoms with Gasteiger partial charge in [-0.15, -0.1) is 0 Å². The highest BCUT2D eigenvalue weighted by atomic mass is 32.2. The van der Waals surface area contributed by atoms with Crippen LogP contribution in [0.15, 0.2) is 73.2 Å². The van der Waals surface area contributed by atoms with E-state index in [9.17, 15) is 14.4 Å². The van der Waals surface area contributed by atoms with Crippen molar-refractivity contribution in [3.05, 3.63) is 90.0 Å². The molecule has 0 saturated carbocycles. The van der Waals surface area contributed by atoms with E-state index in [2.05, 4.69) is 34.4 Å². The summed E-state index contributed by atoms with van der Waals surface area (Å²) in [6, 6.07) is 18.3. The first-order valence-corrected chi connectivity index (χ1v) is 14.2. The van der Waals surface area contributed by atoms with E-state index in [-0.39, 0.29) is 36.8 Å². The van der Waals surface area contributed by atoms with E-state index in [0.717, 1.165) is 11.1 Å². The van der Waals surface area contributed by atoms with Crippen LogP contribution in [-0.2, 0) is 32.8 Å². The van der Waals surface area contributed by atoms with Crippen LogP contribution in [0.3, 0.4) is 0 Å². The lowest BCUT2D eigenvalue weighted by atomic mass is 9.84. The molecule has 208 valence electrons. The Kier molecular flexibility index (Phi) is 11.4. The molecule has 0 aliphatic carbocycles. The van der Waals surface area contributed by atoms with Crippen molar-refractivity contribution in [2.45, 2.75) is 38.3 Å². The predicted molar refractivity (Wildman–Crippen MR) is 153 cm³/mol. The molecule has 0 radical (unpaired) electrons. The van der Waals surface area contributed by atoms with Crippen molar-refractivity contribution < 1.29 is 19.1 Å². The Morgan fingerprint density at radius 2 is 1.77 bits per heavy atom. The second-order valence-electron chi connectivity index (χ2n) is 9.82. The second-order valence-corrected chi connectivity index (χ2v) is 10.8. The van der Waals surface area contributed by atoms with E-state index in [0.29, 0.717) is 24.5 Å². The standard InChI is InChI=1S/C29H37N5O4S/c1-29(2,23-12-8-5-9-13-23)20-31-26(35)18-34(14-15-39-3)27(36)25(16-24-17-30-21-32-24)33-28(37)38-19-22-10-6-4-7-11-22/h4-13,17,21,25H,14-16,18-20H2,1-3H3,(H,30,32)(H,31,35)(H,33,37). The van der Waals surface area contributed by atoms with Crippen molar-refractivity contribution in [3.8, 4) is 0 Å². The zero-order valence-electron chi connectivity index (χ0n) is 22.7. The summed E-state index contributed by atoms with van der Waals surface area (Å²) in [6.45, 7) is 4.85. The first kappa shape index (κ1) is 29.8. The van der Waals surface area contributed by atoms with Gasteiger partial charge in [0.05, 0.1) is 12.9 Å². The van der Waals surface area contributed by atoms with Gasteiger partial charge in [0.25, 0.3) is 0 Å². The van der Waals surface area contributed by atoms with Crippen LogP contribution in [0.2, 0.25) is 0 Å². The van der Waals surface area contributed by atoms with Crippen molar-refractivity contribution in [3.63, 3.8) is 0 Å². The van der Waals surface area contributed by atoms with Gasteiger partial charge in [-0.25, -0.2) is 9.78 Å². The highest BCUT2D eigenvalue weighted by Crippen LogP contribution is 2.21. The van der Waals surface area contributed by atoms with Gasteiger partial charge in [-0.1, -0.05) is 74.5 Å². The topological polar surface area (TPSA) is 116 Å². The monoisotopic (exact) mass is 551 g/mol. The van der Waals surface area contributed by atoms with Crippen molar-refractivity contribution >= 4 is 29.7 Å². The predicted octanol–water partition coefficient (Wildman–Crippen LogP) is 3.53. The van der Waals surface area contributed by atoms with Gasteiger partial charge in [0.15, 0.2) is 0 Å². The van der Waals surface area contributed by atoms with Crippen LogP contribution in [0.4, 0.5) is 4.79 Å². The molecule has 0 fully saturated rings. The average Bonchev–Trinajstić information content (AvgIpc) is 3.46. The molecule has 39 heavy (non-hydrogen) atoms. The van der Waals surface area contributed by atoms with Gasteiger partial charge in [-0.3, -0.25) is 9.59 Å². The number of aromatic nitrogens is 2. The minimum absolute atomic E-state index is 0.0768. The number of carbonyl (C=O) groups excluding carboxylic acids is 3.